The average Bonchev–Trinajstić information content (AvgIpc) is 3.45. The molecule has 0 radical (unpaired) electrons. The number of sulfonamides is 1. The van der Waals surface area contributed by atoms with Crippen molar-refractivity contribution in [1.29, 1.82) is 0 Å². The molecule has 30 heavy (non-hydrogen) atoms. The fourth-order valence-electron chi connectivity index (χ4n) is 3.42. The summed E-state index contributed by atoms with van der Waals surface area (Å²) in [7, 11) is -3.64. The monoisotopic (exact) mass is 461 g/mol. The third-order valence-corrected chi connectivity index (χ3v) is 9.17. The minimum Gasteiger partial charge on any atom is -0.297 e. The smallest absolute Gasteiger partial charge is 0.268 e. The molecule has 0 spiro atoms. The molecule has 0 atom stereocenters. The molecule has 1 amide bonds. The molecule has 1 N–H and O–H groups in total. The molecule has 0 unspecified atom stereocenters. The first kappa shape index (κ1) is 21.2. The maximum absolute atomic E-state index is 12.9. The molecule has 2 aromatic heterocycles. The van der Waals surface area contributed by atoms with Crippen molar-refractivity contribution < 1.29 is 13.2 Å². The van der Waals surface area contributed by atoms with Crippen LogP contribution >= 0.6 is 22.7 Å². The fourth-order valence-corrected chi connectivity index (χ4v) is 7.23. The van der Waals surface area contributed by atoms with Gasteiger partial charge < -0.3 is 0 Å². The van der Waals surface area contributed by atoms with Gasteiger partial charge in [0.25, 0.3) is 5.91 Å². The Labute approximate surface area is 184 Å². The summed E-state index contributed by atoms with van der Waals surface area (Å²) < 4.78 is 27.3. The number of thiazole rings is 1. The fraction of sp³-hybridized carbons (Fsp3) is 0.333. The number of rotatable bonds is 6. The van der Waals surface area contributed by atoms with Gasteiger partial charge in [0.05, 0.1) is 5.69 Å². The van der Waals surface area contributed by atoms with E-state index in [9.17, 15) is 13.2 Å². The molecular formula is C21H23N3O3S3. The Morgan fingerprint density at radius 1 is 1.13 bits per heavy atom. The molecule has 1 aromatic carbocycles. The van der Waals surface area contributed by atoms with Gasteiger partial charge in [-0.15, -0.1) is 22.7 Å². The number of carbonyl (C=O) groups is 1. The number of nitrogens with zero attached hydrogens (tertiary/aromatic N) is 2. The van der Waals surface area contributed by atoms with Gasteiger partial charge in [-0.2, -0.15) is 4.31 Å². The molecule has 1 aliphatic rings. The van der Waals surface area contributed by atoms with Crippen LogP contribution < -0.4 is 5.32 Å². The summed E-state index contributed by atoms with van der Waals surface area (Å²) >= 11 is 2.56. The molecule has 0 bridgehead atoms. The van der Waals surface area contributed by atoms with E-state index in [2.05, 4.69) is 41.5 Å². The number of hydrogen-bond donors (Lipinski definition) is 1. The lowest BCUT2D eigenvalue weighted by Crippen LogP contribution is -2.29. The largest absolute Gasteiger partial charge is 0.297 e. The van der Waals surface area contributed by atoms with Gasteiger partial charge in [0.15, 0.2) is 5.13 Å². The third kappa shape index (κ3) is 4.34. The Bertz CT molecular complexity index is 1160. The number of nitrogens with one attached hydrogen (secondary N) is 1. The van der Waals surface area contributed by atoms with E-state index < -0.39 is 15.9 Å². The Hall–Kier alpha value is -2.07. The van der Waals surface area contributed by atoms with Gasteiger partial charge in [0.2, 0.25) is 10.0 Å². The second-order valence-corrected chi connectivity index (χ2v) is 11.3. The molecule has 6 nitrogen and oxygen atoms in total. The van der Waals surface area contributed by atoms with Gasteiger partial charge in [-0.3, -0.25) is 10.1 Å². The van der Waals surface area contributed by atoms with E-state index in [0.29, 0.717) is 18.2 Å². The zero-order valence-corrected chi connectivity index (χ0v) is 19.3. The van der Waals surface area contributed by atoms with E-state index >= 15 is 0 Å². The quantitative estimate of drug-likeness (QED) is 0.588. The minimum atomic E-state index is -3.64. The van der Waals surface area contributed by atoms with Crippen LogP contribution in [0.4, 0.5) is 5.13 Å². The molecule has 1 saturated heterocycles. The number of benzene rings is 1. The van der Waals surface area contributed by atoms with Crippen LogP contribution in [-0.2, 0) is 16.4 Å². The SMILES string of the molecule is Cc1ccc(Cc2sc(NC(=O)c3sccc3S(=O)(=O)N3CCCC3)nc2C)cc1. The van der Waals surface area contributed by atoms with Gasteiger partial charge in [-0.05, 0) is 43.7 Å². The highest BCUT2D eigenvalue weighted by molar-refractivity contribution is 7.89. The van der Waals surface area contributed by atoms with Gasteiger partial charge in [0, 0.05) is 24.4 Å². The minimum absolute atomic E-state index is 0.0834. The Kier molecular flexibility index (Phi) is 6.06. The lowest BCUT2D eigenvalue weighted by Gasteiger charge is -2.15. The predicted octanol–water partition coefficient (Wildman–Crippen LogP) is 4.45. The molecule has 0 saturated carbocycles. The van der Waals surface area contributed by atoms with Crippen LogP contribution in [0, 0.1) is 13.8 Å². The van der Waals surface area contributed by atoms with Gasteiger partial charge >= 0.3 is 0 Å². The molecule has 1 fully saturated rings. The van der Waals surface area contributed by atoms with Crippen molar-refractivity contribution in [3.8, 4) is 0 Å². The van der Waals surface area contributed by atoms with Crippen LogP contribution in [0.2, 0.25) is 0 Å². The average molecular weight is 462 g/mol. The number of aryl methyl sites for hydroxylation is 2. The van der Waals surface area contributed by atoms with Gasteiger partial charge in [0.1, 0.15) is 9.77 Å². The summed E-state index contributed by atoms with van der Waals surface area (Å²) in [6.07, 6.45) is 2.45. The van der Waals surface area contributed by atoms with E-state index in [1.807, 2.05) is 6.92 Å². The lowest BCUT2D eigenvalue weighted by molar-refractivity contribution is 0.102. The summed E-state index contributed by atoms with van der Waals surface area (Å²) in [6.45, 7) is 4.99. The van der Waals surface area contributed by atoms with Crippen LogP contribution in [-0.4, -0.2) is 36.7 Å². The van der Waals surface area contributed by atoms with Crippen molar-refractivity contribution >= 4 is 43.7 Å². The maximum Gasteiger partial charge on any atom is 0.268 e. The van der Waals surface area contributed by atoms with Crippen molar-refractivity contribution in [2.45, 2.75) is 38.0 Å². The Morgan fingerprint density at radius 3 is 2.53 bits per heavy atom. The molecule has 4 rings (SSSR count). The second-order valence-electron chi connectivity index (χ2n) is 7.37. The van der Waals surface area contributed by atoms with E-state index in [1.54, 1.807) is 5.38 Å². The molecule has 9 heteroatoms. The topological polar surface area (TPSA) is 79.4 Å². The highest BCUT2D eigenvalue weighted by Gasteiger charge is 2.32. The van der Waals surface area contributed by atoms with Crippen molar-refractivity contribution in [2.75, 3.05) is 18.4 Å². The predicted molar refractivity (Wildman–Crippen MR) is 121 cm³/mol. The molecule has 158 valence electrons. The van der Waals surface area contributed by atoms with Crippen molar-refractivity contribution in [1.82, 2.24) is 9.29 Å². The first-order valence-electron chi connectivity index (χ1n) is 9.75. The van der Waals surface area contributed by atoms with Gasteiger partial charge in [-0.1, -0.05) is 29.8 Å². The standard InChI is InChI=1S/C21H23N3O3S3/c1-14-5-7-16(8-6-14)13-17-15(2)22-21(29-17)23-20(25)19-18(9-12-28-19)30(26,27)24-10-3-4-11-24/h5-9,12H,3-4,10-11,13H2,1-2H3,(H,22,23,25). The summed E-state index contributed by atoms with van der Waals surface area (Å²) in [4.78, 5) is 18.7. The number of amides is 1. The highest BCUT2D eigenvalue weighted by Crippen LogP contribution is 2.30. The molecule has 1 aliphatic heterocycles. The van der Waals surface area contributed by atoms with Crippen LogP contribution in [0.1, 0.15) is 44.2 Å². The zero-order chi connectivity index (χ0) is 21.3. The van der Waals surface area contributed by atoms with E-state index in [0.717, 1.165) is 41.2 Å². The van der Waals surface area contributed by atoms with E-state index in [-0.39, 0.29) is 9.77 Å². The number of hydrogen-bond acceptors (Lipinski definition) is 6. The molecular weight excluding hydrogens is 438 g/mol. The first-order chi connectivity index (χ1) is 14.3. The molecule has 0 aliphatic carbocycles. The van der Waals surface area contributed by atoms with Gasteiger partial charge in [-0.25, -0.2) is 13.4 Å². The van der Waals surface area contributed by atoms with Crippen LogP contribution in [0.25, 0.3) is 0 Å². The summed E-state index contributed by atoms with van der Waals surface area (Å²) in [5.74, 6) is -0.432. The van der Waals surface area contributed by atoms with Crippen molar-refractivity contribution in [3.63, 3.8) is 0 Å². The lowest BCUT2D eigenvalue weighted by atomic mass is 10.1. The van der Waals surface area contributed by atoms with E-state index in [1.165, 1.54) is 32.8 Å². The summed E-state index contributed by atoms with van der Waals surface area (Å²) in [5.41, 5.74) is 3.26. The summed E-state index contributed by atoms with van der Waals surface area (Å²) in [5, 5.41) is 4.93. The van der Waals surface area contributed by atoms with Crippen LogP contribution in [0.15, 0.2) is 40.6 Å². The zero-order valence-electron chi connectivity index (χ0n) is 16.8. The Morgan fingerprint density at radius 2 is 1.83 bits per heavy atom. The number of thiophene rings is 1. The Balaban J connectivity index is 1.51. The molecule has 3 heterocycles. The first-order valence-corrected chi connectivity index (χ1v) is 12.9. The van der Waals surface area contributed by atoms with Crippen LogP contribution in [0.5, 0.6) is 0 Å². The summed E-state index contributed by atoms with van der Waals surface area (Å²) in [6, 6.07) is 9.85. The number of aromatic nitrogens is 1. The third-order valence-electron chi connectivity index (χ3n) is 5.12. The van der Waals surface area contributed by atoms with Crippen molar-refractivity contribution in [2.24, 2.45) is 0 Å². The normalized spacial score (nSPS) is 14.9. The van der Waals surface area contributed by atoms with Crippen molar-refractivity contribution in [3.05, 3.63) is 62.3 Å². The number of anilines is 1. The second kappa shape index (κ2) is 8.58. The maximum atomic E-state index is 12.9. The highest BCUT2D eigenvalue weighted by atomic mass is 32.2. The number of carbonyl (C=O) groups excluding carboxylic acids is 1. The van der Waals surface area contributed by atoms with Crippen LogP contribution in [0.3, 0.4) is 0 Å². The molecule has 3 aromatic rings. The van der Waals surface area contributed by atoms with E-state index in [4.69, 9.17) is 0 Å².